The Kier molecular flexibility index (Phi) is 7.73. The number of nitro groups is 1. The number of nitrogens with zero attached hydrogens (tertiary/aromatic N) is 2. The Morgan fingerprint density at radius 3 is 2.52 bits per heavy atom. The molecule has 0 unspecified atom stereocenters. The van der Waals surface area contributed by atoms with Crippen LogP contribution in [0.25, 0.3) is 0 Å². The van der Waals surface area contributed by atoms with Crippen LogP contribution < -0.4 is 9.62 Å². The van der Waals surface area contributed by atoms with Gasteiger partial charge in [-0.05, 0) is 68.2 Å². The zero-order valence-corrected chi connectivity index (χ0v) is 20.2. The van der Waals surface area contributed by atoms with E-state index in [9.17, 15) is 23.3 Å². The molecule has 0 radical (unpaired) electrons. The minimum atomic E-state index is -3.68. The third-order valence-electron chi connectivity index (χ3n) is 6.09. The van der Waals surface area contributed by atoms with Crippen LogP contribution in [0.4, 0.5) is 11.4 Å². The number of nitrogens with one attached hydrogen (secondary N) is 1. The summed E-state index contributed by atoms with van der Waals surface area (Å²) < 4.78 is 25.9. The number of carbonyl (C=O) groups is 1. The molecule has 1 aliphatic carbocycles. The van der Waals surface area contributed by atoms with Gasteiger partial charge in [0.1, 0.15) is 0 Å². The predicted molar refractivity (Wildman–Crippen MR) is 129 cm³/mol. The number of benzene rings is 2. The fourth-order valence-electron chi connectivity index (χ4n) is 4.25. The van der Waals surface area contributed by atoms with Gasteiger partial charge in [0, 0.05) is 25.1 Å². The maximum Gasteiger partial charge on any atom is 0.271 e. The standard InChI is InChI=1S/C24H31N3O5S/c1-17-10-13-22(27(29)30)16-23(17)26(33(3,31)32)14-6-9-24(28)25-18(2)20-12-11-19-7-4-5-8-21(19)15-20/h10-13,15-16,18H,4-9,14H2,1-3H3,(H,25,28)/t18-/m0/s1. The summed E-state index contributed by atoms with van der Waals surface area (Å²) in [6.45, 7) is 3.70. The first-order chi connectivity index (χ1) is 15.6. The van der Waals surface area contributed by atoms with E-state index < -0.39 is 14.9 Å². The Bertz CT molecular complexity index is 1150. The smallest absolute Gasteiger partial charge is 0.271 e. The zero-order valence-electron chi connectivity index (χ0n) is 19.3. The summed E-state index contributed by atoms with van der Waals surface area (Å²) in [5.41, 5.74) is 4.50. The molecular weight excluding hydrogens is 442 g/mol. The van der Waals surface area contributed by atoms with Crippen molar-refractivity contribution in [3.8, 4) is 0 Å². The number of rotatable bonds is 9. The highest BCUT2D eigenvalue weighted by molar-refractivity contribution is 7.92. The third kappa shape index (κ3) is 6.31. The maximum atomic E-state index is 12.5. The molecular formula is C24H31N3O5S. The molecule has 8 nitrogen and oxygen atoms in total. The number of sulfonamides is 1. The molecule has 0 aromatic heterocycles. The monoisotopic (exact) mass is 473 g/mol. The van der Waals surface area contributed by atoms with E-state index in [1.54, 1.807) is 6.92 Å². The third-order valence-corrected chi connectivity index (χ3v) is 7.27. The number of fused-ring (bicyclic) bond motifs is 1. The van der Waals surface area contributed by atoms with Crippen LogP contribution in [0.5, 0.6) is 0 Å². The predicted octanol–water partition coefficient (Wildman–Crippen LogP) is 4.21. The van der Waals surface area contributed by atoms with E-state index >= 15 is 0 Å². The van der Waals surface area contributed by atoms with Crippen LogP contribution in [0.3, 0.4) is 0 Å². The van der Waals surface area contributed by atoms with E-state index in [-0.39, 0.29) is 42.7 Å². The van der Waals surface area contributed by atoms with Crippen molar-refractivity contribution < 1.29 is 18.1 Å². The van der Waals surface area contributed by atoms with Gasteiger partial charge >= 0.3 is 0 Å². The van der Waals surface area contributed by atoms with Gasteiger partial charge in [-0.1, -0.05) is 24.3 Å². The van der Waals surface area contributed by atoms with Crippen LogP contribution in [-0.4, -0.2) is 32.0 Å². The molecule has 1 N–H and O–H groups in total. The summed E-state index contributed by atoms with van der Waals surface area (Å²) in [5.74, 6) is -0.163. The first-order valence-electron chi connectivity index (χ1n) is 11.2. The second-order valence-electron chi connectivity index (χ2n) is 8.69. The molecule has 2 aromatic carbocycles. The highest BCUT2D eigenvalue weighted by Crippen LogP contribution is 2.28. The van der Waals surface area contributed by atoms with E-state index in [1.807, 2.05) is 6.92 Å². The molecule has 178 valence electrons. The van der Waals surface area contributed by atoms with Crippen molar-refractivity contribution >= 4 is 27.3 Å². The van der Waals surface area contributed by atoms with Crippen LogP contribution in [-0.2, 0) is 27.7 Å². The number of hydrogen-bond donors (Lipinski definition) is 1. The normalized spacial score (nSPS) is 14.3. The summed E-state index contributed by atoms with van der Waals surface area (Å²) in [6.07, 6.45) is 6.09. The number of hydrogen-bond acceptors (Lipinski definition) is 5. The topological polar surface area (TPSA) is 110 Å². The van der Waals surface area contributed by atoms with E-state index in [0.717, 1.165) is 29.0 Å². The van der Waals surface area contributed by atoms with E-state index in [4.69, 9.17) is 0 Å². The van der Waals surface area contributed by atoms with Crippen molar-refractivity contribution in [3.63, 3.8) is 0 Å². The van der Waals surface area contributed by atoms with Crippen LogP contribution in [0.1, 0.15) is 60.9 Å². The Morgan fingerprint density at radius 2 is 1.85 bits per heavy atom. The number of amides is 1. The lowest BCUT2D eigenvalue weighted by atomic mass is 9.89. The summed E-state index contributed by atoms with van der Waals surface area (Å²) in [4.78, 5) is 23.1. The minimum absolute atomic E-state index is 0.0570. The minimum Gasteiger partial charge on any atom is -0.350 e. The highest BCUT2D eigenvalue weighted by Gasteiger charge is 2.22. The van der Waals surface area contributed by atoms with Crippen LogP contribution in [0, 0.1) is 17.0 Å². The van der Waals surface area contributed by atoms with Crippen molar-refractivity contribution in [2.24, 2.45) is 0 Å². The average molecular weight is 474 g/mol. The van der Waals surface area contributed by atoms with Gasteiger partial charge in [-0.25, -0.2) is 8.42 Å². The van der Waals surface area contributed by atoms with Gasteiger partial charge in [-0.2, -0.15) is 0 Å². The van der Waals surface area contributed by atoms with Gasteiger partial charge in [0.25, 0.3) is 5.69 Å². The molecule has 33 heavy (non-hydrogen) atoms. The van der Waals surface area contributed by atoms with Crippen molar-refractivity contribution in [1.29, 1.82) is 0 Å². The molecule has 0 bridgehead atoms. The Hall–Kier alpha value is -2.94. The molecule has 0 fully saturated rings. The van der Waals surface area contributed by atoms with E-state index in [0.29, 0.717) is 5.56 Å². The molecule has 3 rings (SSSR count). The Morgan fingerprint density at radius 1 is 1.15 bits per heavy atom. The molecule has 0 spiro atoms. The lowest BCUT2D eigenvalue weighted by Gasteiger charge is -2.24. The Labute approximate surface area is 195 Å². The number of nitro benzene ring substituents is 1. The summed E-state index contributed by atoms with van der Waals surface area (Å²) >= 11 is 0. The van der Waals surface area contributed by atoms with Gasteiger partial charge in [-0.15, -0.1) is 0 Å². The number of carbonyl (C=O) groups excluding carboxylic acids is 1. The van der Waals surface area contributed by atoms with Crippen molar-refractivity contribution in [2.45, 2.75) is 58.4 Å². The second kappa shape index (κ2) is 10.3. The molecule has 1 amide bonds. The molecule has 9 heteroatoms. The summed E-state index contributed by atoms with van der Waals surface area (Å²) in [6, 6.07) is 10.4. The van der Waals surface area contributed by atoms with Crippen molar-refractivity contribution in [2.75, 3.05) is 17.1 Å². The van der Waals surface area contributed by atoms with Crippen LogP contribution in [0.2, 0.25) is 0 Å². The lowest BCUT2D eigenvalue weighted by Crippen LogP contribution is -2.33. The van der Waals surface area contributed by atoms with Gasteiger partial charge in [-0.3, -0.25) is 19.2 Å². The largest absolute Gasteiger partial charge is 0.350 e. The first-order valence-corrected chi connectivity index (χ1v) is 13.0. The van der Waals surface area contributed by atoms with Crippen LogP contribution in [0.15, 0.2) is 36.4 Å². The molecule has 2 aromatic rings. The number of anilines is 1. The van der Waals surface area contributed by atoms with Gasteiger partial charge in [0.15, 0.2) is 0 Å². The molecule has 0 heterocycles. The van der Waals surface area contributed by atoms with E-state index in [1.165, 1.54) is 42.2 Å². The second-order valence-corrected chi connectivity index (χ2v) is 10.6. The fraction of sp³-hybridized carbons (Fsp3) is 0.458. The average Bonchev–Trinajstić information content (AvgIpc) is 2.76. The quantitative estimate of drug-likeness (QED) is 0.433. The number of aryl methyl sites for hydroxylation is 3. The fourth-order valence-corrected chi connectivity index (χ4v) is 5.26. The Balaban J connectivity index is 1.62. The maximum absolute atomic E-state index is 12.5. The highest BCUT2D eigenvalue weighted by atomic mass is 32.2. The van der Waals surface area contributed by atoms with Crippen molar-refractivity contribution in [1.82, 2.24) is 5.32 Å². The first kappa shape index (κ1) is 24.7. The molecule has 0 saturated carbocycles. The SMILES string of the molecule is Cc1ccc([N+](=O)[O-])cc1N(CCCC(=O)N[C@@H](C)c1ccc2c(c1)CCCC2)S(C)(=O)=O. The van der Waals surface area contributed by atoms with Crippen LogP contribution >= 0.6 is 0 Å². The van der Waals surface area contributed by atoms with Gasteiger partial charge in [0.05, 0.1) is 22.9 Å². The molecule has 0 saturated heterocycles. The van der Waals surface area contributed by atoms with Gasteiger partial charge < -0.3 is 5.32 Å². The van der Waals surface area contributed by atoms with Crippen molar-refractivity contribution in [3.05, 3.63) is 68.8 Å². The summed E-state index contributed by atoms with van der Waals surface area (Å²) in [5, 5.41) is 14.1. The molecule has 1 atom stereocenters. The number of non-ortho nitro benzene ring substituents is 1. The van der Waals surface area contributed by atoms with E-state index in [2.05, 4.69) is 23.5 Å². The van der Waals surface area contributed by atoms with Gasteiger partial charge in [0.2, 0.25) is 15.9 Å². The summed E-state index contributed by atoms with van der Waals surface area (Å²) in [7, 11) is -3.68. The molecule has 0 aliphatic heterocycles. The lowest BCUT2D eigenvalue weighted by molar-refractivity contribution is -0.384. The zero-order chi connectivity index (χ0) is 24.2. The molecule has 1 aliphatic rings.